The summed E-state index contributed by atoms with van der Waals surface area (Å²) in [4.78, 5) is 0. The molecule has 0 saturated heterocycles. The SMILES string of the molecule is Cc1cc(C)c(OCCOCC[NH2+]Cc2ccccc2)c(Br)c1. The first-order chi connectivity index (χ1) is 11.2. The van der Waals surface area contributed by atoms with Crippen LogP contribution in [-0.2, 0) is 11.3 Å². The molecular formula is C19H25BrNO2+. The molecule has 0 aliphatic rings. The van der Waals surface area contributed by atoms with Crippen LogP contribution in [-0.4, -0.2) is 26.4 Å². The van der Waals surface area contributed by atoms with Crippen LogP contribution in [0.4, 0.5) is 0 Å². The molecule has 0 aliphatic carbocycles. The molecular weight excluding hydrogens is 354 g/mol. The van der Waals surface area contributed by atoms with Crippen molar-refractivity contribution < 1.29 is 14.8 Å². The quantitative estimate of drug-likeness (QED) is 0.679. The van der Waals surface area contributed by atoms with Gasteiger partial charge < -0.3 is 14.8 Å². The number of nitrogens with two attached hydrogens (primary N) is 1. The average Bonchev–Trinajstić information content (AvgIpc) is 2.53. The topological polar surface area (TPSA) is 35.1 Å². The van der Waals surface area contributed by atoms with Gasteiger partial charge in [-0.3, -0.25) is 0 Å². The fourth-order valence-corrected chi connectivity index (χ4v) is 3.23. The molecule has 2 aromatic rings. The van der Waals surface area contributed by atoms with Crippen LogP contribution < -0.4 is 10.1 Å². The maximum atomic E-state index is 5.82. The zero-order chi connectivity index (χ0) is 16.5. The third-order valence-corrected chi connectivity index (χ3v) is 4.13. The van der Waals surface area contributed by atoms with Gasteiger partial charge in [-0.1, -0.05) is 36.4 Å². The Bertz CT molecular complexity index is 579. The minimum absolute atomic E-state index is 0.571. The van der Waals surface area contributed by atoms with E-state index in [9.17, 15) is 0 Å². The van der Waals surface area contributed by atoms with Crippen LogP contribution in [0.25, 0.3) is 0 Å². The summed E-state index contributed by atoms with van der Waals surface area (Å²) >= 11 is 3.55. The molecule has 0 heterocycles. The van der Waals surface area contributed by atoms with E-state index in [0.717, 1.165) is 35.5 Å². The molecule has 0 amide bonds. The number of ether oxygens (including phenoxy) is 2. The van der Waals surface area contributed by atoms with E-state index < -0.39 is 0 Å². The van der Waals surface area contributed by atoms with Gasteiger partial charge in [0.25, 0.3) is 0 Å². The van der Waals surface area contributed by atoms with Crippen molar-refractivity contribution in [1.82, 2.24) is 0 Å². The second-order valence-electron chi connectivity index (χ2n) is 5.62. The molecule has 0 bridgehead atoms. The molecule has 0 spiro atoms. The lowest BCUT2D eigenvalue weighted by Gasteiger charge is -2.12. The number of halogens is 1. The van der Waals surface area contributed by atoms with Crippen molar-refractivity contribution >= 4 is 15.9 Å². The second-order valence-corrected chi connectivity index (χ2v) is 6.48. The molecule has 0 saturated carbocycles. The van der Waals surface area contributed by atoms with Crippen molar-refractivity contribution in [3.05, 3.63) is 63.6 Å². The zero-order valence-corrected chi connectivity index (χ0v) is 15.4. The Balaban J connectivity index is 1.56. The number of benzene rings is 2. The lowest BCUT2D eigenvalue weighted by atomic mass is 10.1. The van der Waals surface area contributed by atoms with E-state index in [-0.39, 0.29) is 0 Å². The van der Waals surface area contributed by atoms with Gasteiger partial charge >= 0.3 is 0 Å². The van der Waals surface area contributed by atoms with Gasteiger partial charge in [-0.05, 0) is 47.0 Å². The predicted octanol–water partition coefficient (Wildman–Crippen LogP) is 3.22. The smallest absolute Gasteiger partial charge is 0.136 e. The summed E-state index contributed by atoms with van der Waals surface area (Å²) in [6.07, 6.45) is 0. The maximum absolute atomic E-state index is 5.82. The fraction of sp³-hybridized carbons (Fsp3) is 0.368. The Morgan fingerprint density at radius 2 is 1.78 bits per heavy atom. The van der Waals surface area contributed by atoms with Crippen molar-refractivity contribution in [1.29, 1.82) is 0 Å². The Hall–Kier alpha value is -1.36. The molecule has 2 rings (SSSR count). The summed E-state index contributed by atoms with van der Waals surface area (Å²) in [5.41, 5.74) is 3.72. The van der Waals surface area contributed by atoms with Crippen molar-refractivity contribution in [3.63, 3.8) is 0 Å². The van der Waals surface area contributed by atoms with Crippen LogP contribution in [0, 0.1) is 13.8 Å². The van der Waals surface area contributed by atoms with Crippen LogP contribution in [0.3, 0.4) is 0 Å². The lowest BCUT2D eigenvalue weighted by molar-refractivity contribution is -0.672. The predicted molar refractivity (Wildman–Crippen MR) is 96.9 cm³/mol. The Labute approximate surface area is 147 Å². The van der Waals surface area contributed by atoms with Gasteiger partial charge in [0.15, 0.2) is 0 Å². The van der Waals surface area contributed by atoms with E-state index in [1.54, 1.807) is 0 Å². The molecule has 23 heavy (non-hydrogen) atoms. The molecule has 0 radical (unpaired) electrons. The number of rotatable bonds is 9. The van der Waals surface area contributed by atoms with Gasteiger partial charge in [0.1, 0.15) is 18.9 Å². The normalized spacial score (nSPS) is 10.7. The van der Waals surface area contributed by atoms with Crippen molar-refractivity contribution in [2.45, 2.75) is 20.4 Å². The maximum Gasteiger partial charge on any atom is 0.136 e. The van der Waals surface area contributed by atoms with Gasteiger partial charge in [0, 0.05) is 5.56 Å². The first-order valence-corrected chi connectivity index (χ1v) is 8.79. The third kappa shape index (κ3) is 6.34. The molecule has 2 aromatic carbocycles. The summed E-state index contributed by atoms with van der Waals surface area (Å²) in [5, 5.41) is 2.26. The van der Waals surface area contributed by atoms with E-state index in [0.29, 0.717) is 13.2 Å². The van der Waals surface area contributed by atoms with E-state index in [4.69, 9.17) is 9.47 Å². The van der Waals surface area contributed by atoms with Crippen LogP contribution in [0.15, 0.2) is 46.9 Å². The molecule has 0 atom stereocenters. The second kappa shape index (κ2) is 9.71. The number of quaternary nitrogens is 1. The molecule has 124 valence electrons. The molecule has 0 aliphatic heterocycles. The minimum atomic E-state index is 0.571. The molecule has 0 fully saturated rings. The largest absolute Gasteiger partial charge is 0.490 e. The van der Waals surface area contributed by atoms with Crippen LogP contribution in [0.5, 0.6) is 5.75 Å². The minimum Gasteiger partial charge on any atom is -0.490 e. The van der Waals surface area contributed by atoms with Crippen LogP contribution in [0.2, 0.25) is 0 Å². The number of hydrogen-bond donors (Lipinski definition) is 1. The third-order valence-electron chi connectivity index (χ3n) is 3.54. The van der Waals surface area contributed by atoms with E-state index in [1.165, 1.54) is 11.1 Å². The summed E-state index contributed by atoms with van der Waals surface area (Å²) in [6.45, 7) is 8.02. The zero-order valence-electron chi connectivity index (χ0n) is 13.8. The Morgan fingerprint density at radius 3 is 2.52 bits per heavy atom. The Morgan fingerprint density at radius 1 is 1.00 bits per heavy atom. The average molecular weight is 379 g/mol. The van der Waals surface area contributed by atoms with Gasteiger partial charge in [0.2, 0.25) is 0 Å². The van der Waals surface area contributed by atoms with Gasteiger partial charge in [-0.2, -0.15) is 0 Å². The van der Waals surface area contributed by atoms with Crippen LogP contribution >= 0.6 is 15.9 Å². The van der Waals surface area contributed by atoms with Crippen molar-refractivity contribution in [3.8, 4) is 5.75 Å². The van der Waals surface area contributed by atoms with Gasteiger partial charge in [-0.25, -0.2) is 0 Å². The summed E-state index contributed by atoms with van der Waals surface area (Å²) in [7, 11) is 0. The highest BCUT2D eigenvalue weighted by molar-refractivity contribution is 9.10. The van der Waals surface area contributed by atoms with Crippen molar-refractivity contribution in [2.75, 3.05) is 26.4 Å². The molecule has 3 nitrogen and oxygen atoms in total. The first kappa shape index (κ1) is 18.0. The standard InChI is InChI=1S/C19H24BrNO2/c1-15-12-16(2)19(18(20)13-15)23-11-10-22-9-8-21-14-17-6-4-3-5-7-17/h3-7,12-13,21H,8-11,14H2,1-2H3/p+1. The monoisotopic (exact) mass is 378 g/mol. The number of hydrogen-bond acceptors (Lipinski definition) is 2. The number of aryl methyl sites for hydroxylation is 2. The first-order valence-electron chi connectivity index (χ1n) is 7.99. The van der Waals surface area contributed by atoms with E-state index in [1.807, 2.05) is 6.07 Å². The molecule has 2 N–H and O–H groups in total. The molecule has 0 unspecified atom stereocenters. The summed E-state index contributed by atoms with van der Waals surface area (Å²) in [6, 6.07) is 14.7. The summed E-state index contributed by atoms with van der Waals surface area (Å²) in [5.74, 6) is 0.912. The highest BCUT2D eigenvalue weighted by atomic mass is 79.9. The Kier molecular flexibility index (Phi) is 7.59. The lowest BCUT2D eigenvalue weighted by Crippen LogP contribution is -2.83. The highest BCUT2D eigenvalue weighted by Crippen LogP contribution is 2.29. The van der Waals surface area contributed by atoms with Gasteiger partial charge in [0.05, 0.1) is 24.2 Å². The van der Waals surface area contributed by atoms with E-state index in [2.05, 4.69) is 71.5 Å². The summed E-state index contributed by atoms with van der Waals surface area (Å²) < 4.78 is 12.4. The van der Waals surface area contributed by atoms with Crippen molar-refractivity contribution in [2.24, 2.45) is 0 Å². The van der Waals surface area contributed by atoms with E-state index >= 15 is 0 Å². The molecule has 0 aromatic heterocycles. The highest BCUT2D eigenvalue weighted by Gasteiger charge is 2.06. The van der Waals surface area contributed by atoms with Gasteiger partial charge in [-0.15, -0.1) is 0 Å². The van der Waals surface area contributed by atoms with Crippen LogP contribution in [0.1, 0.15) is 16.7 Å². The fourth-order valence-electron chi connectivity index (χ4n) is 2.44. The molecule has 4 heteroatoms.